The van der Waals surface area contributed by atoms with E-state index in [2.05, 4.69) is 15.3 Å². The number of nitrogens with one attached hydrogen (secondary N) is 1. The maximum Gasteiger partial charge on any atom is 0.255 e. The van der Waals surface area contributed by atoms with E-state index in [9.17, 15) is 9.59 Å². The van der Waals surface area contributed by atoms with E-state index in [0.717, 1.165) is 20.8 Å². The van der Waals surface area contributed by atoms with Crippen LogP contribution in [0.2, 0.25) is 0 Å². The normalized spacial score (nSPS) is 10.8. The molecule has 8 nitrogen and oxygen atoms in total. The lowest BCUT2D eigenvalue weighted by Gasteiger charge is -2.18. The zero-order valence-corrected chi connectivity index (χ0v) is 19.9. The molecular formula is C21H24N4O4S2. The Balaban J connectivity index is 1.84. The van der Waals surface area contributed by atoms with Crippen molar-refractivity contribution in [1.29, 1.82) is 0 Å². The van der Waals surface area contributed by atoms with E-state index < -0.39 is 0 Å². The van der Waals surface area contributed by atoms with Crippen LogP contribution in [0.1, 0.15) is 20.8 Å². The van der Waals surface area contributed by atoms with E-state index in [0.29, 0.717) is 22.7 Å². The number of carbonyl (C=O) groups excluding carboxylic acids is 2. The van der Waals surface area contributed by atoms with E-state index in [1.54, 1.807) is 37.6 Å². The first-order chi connectivity index (χ1) is 14.8. The van der Waals surface area contributed by atoms with Crippen LogP contribution in [0.5, 0.6) is 11.5 Å². The average molecular weight is 461 g/mol. The number of thiophene rings is 1. The highest BCUT2D eigenvalue weighted by atomic mass is 32.2. The number of methoxy groups -OCH3 is 2. The predicted molar refractivity (Wildman–Crippen MR) is 124 cm³/mol. The Labute approximate surface area is 189 Å². The Hall–Kier alpha value is -2.85. The summed E-state index contributed by atoms with van der Waals surface area (Å²) < 4.78 is 10.6. The standard InChI is InChI=1S/C21H24N4O4S2/c1-11-12(2)31-20-18(11)19(22-10-23-20)30-9-17(26)24-14-8-16(29-6)15(28-5)7-13(14)21(27)25(3)4/h7-8,10H,9H2,1-6H3,(H,24,26). The van der Waals surface area contributed by atoms with Crippen LogP contribution >= 0.6 is 23.1 Å². The third-order valence-corrected chi connectivity index (χ3v) is 6.81. The van der Waals surface area contributed by atoms with E-state index in [1.165, 1.54) is 42.1 Å². The van der Waals surface area contributed by atoms with Gasteiger partial charge in [0, 0.05) is 30.4 Å². The third-order valence-electron chi connectivity index (χ3n) is 4.70. The summed E-state index contributed by atoms with van der Waals surface area (Å²) in [6.45, 7) is 4.08. The van der Waals surface area contributed by atoms with Crippen LogP contribution in [0, 0.1) is 13.8 Å². The van der Waals surface area contributed by atoms with Crippen molar-refractivity contribution in [3.05, 3.63) is 34.5 Å². The number of rotatable bonds is 7. The Bertz CT molecular complexity index is 1140. The summed E-state index contributed by atoms with van der Waals surface area (Å²) in [5.74, 6) is 0.436. The van der Waals surface area contributed by atoms with Gasteiger partial charge in [-0.1, -0.05) is 11.8 Å². The minimum absolute atomic E-state index is 0.129. The first kappa shape index (κ1) is 22.8. The smallest absolute Gasteiger partial charge is 0.255 e. The SMILES string of the molecule is COc1cc(NC(=O)CSc2ncnc3sc(C)c(C)c23)c(C(=O)N(C)C)cc1OC. The molecule has 10 heteroatoms. The maximum atomic E-state index is 12.7. The van der Waals surface area contributed by atoms with Crippen molar-refractivity contribution in [2.24, 2.45) is 0 Å². The molecule has 1 aromatic carbocycles. The molecule has 0 spiro atoms. The van der Waals surface area contributed by atoms with Gasteiger partial charge in [-0.15, -0.1) is 11.3 Å². The minimum Gasteiger partial charge on any atom is -0.493 e. The van der Waals surface area contributed by atoms with E-state index in [4.69, 9.17) is 9.47 Å². The molecule has 2 heterocycles. The molecule has 0 aliphatic heterocycles. The number of ether oxygens (including phenoxy) is 2. The van der Waals surface area contributed by atoms with Crippen molar-refractivity contribution < 1.29 is 19.1 Å². The van der Waals surface area contributed by atoms with Gasteiger partial charge in [-0.3, -0.25) is 9.59 Å². The molecule has 3 rings (SSSR count). The Morgan fingerprint density at radius 1 is 1.13 bits per heavy atom. The molecule has 0 saturated carbocycles. The van der Waals surface area contributed by atoms with Gasteiger partial charge in [0.05, 0.1) is 31.2 Å². The van der Waals surface area contributed by atoms with Crippen molar-refractivity contribution in [1.82, 2.24) is 14.9 Å². The lowest BCUT2D eigenvalue weighted by Crippen LogP contribution is -2.24. The van der Waals surface area contributed by atoms with Gasteiger partial charge < -0.3 is 19.7 Å². The summed E-state index contributed by atoms with van der Waals surface area (Å²) >= 11 is 2.95. The number of benzene rings is 1. The molecule has 0 bridgehead atoms. The zero-order valence-electron chi connectivity index (χ0n) is 18.2. The van der Waals surface area contributed by atoms with Crippen molar-refractivity contribution >= 4 is 50.8 Å². The molecule has 3 aromatic rings. The van der Waals surface area contributed by atoms with Gasteiger partial charge in [0.15, 0.2) is 11.5 Å². The van der Waals surface area contributed by atoms with E-state index in [1.807, 2.05) is 13.8 Å². The number of fused-ring (bicyclic) bond motifs is 1. The van der Waals surface area contributed by atoms with Gasteiger partial charge in [0.25, 0.3) is 5.91 Å². The molecule has 0 fully saturated rings. The summed E-state index contributed by atoms with van der Waals surface area (Å²) in [7, 11) is 6.28. The molecule has 164 valence electrons. The van der Waals surface area contributed by atoms with Gasteiger partial charge >= 0.3 is 0 Å². The van der Waals surface area contributed by atoms with Gasteiger partial charge in [-0.2, -0.15) is 0 Å². The fraction of sp³-hybridized carbons (Fsp3) is 0.333. The van der Waals surface area contributed by atoms with Crippen LogP contribution in [-0.4, -0.2) is 60.8 Å². The minimum atomic E-state index is -0.263. The molecular weight excluding hydrogens is 436 g/mol. The molecule has 1 N–H and O–H groups in total. The average Bonchev–Trinajstić information content (AvgIpc) is 3.05. The van der Waals surface area contributed by atoms with Gasteiger partial charge in [-0.25, -0.2) is 9.97 Å². The largest absolute Gasteiger partial charge is 0.493 e. The lowest BCUT2D eigenvalue weighted by atomic mass is 10.1. The topological polar surface area (TPSA) is 93.7 Å². The summed E-state index contributed by atoms with van der Waals surface area (Å²) in [5, 5.41) is 4.57. The molecule has 31 heavy (non-hydrogen) atoms. The molecule has 2 amide bonds. The van der Waals surface area contributed by atoms with Crippen molar-refractivity contribution in [3.63, 3.8) is 0 Å². The molecule has 2 aromatic heterocycles. The number of anilines is 1. The first-order valence-corrected chi connectivity index (χ1v) is 11.2. The fourth-order valence-corrected chi connectivity index (χ4v) is 4.90. The van der Waals surface area contributed by atoms with Gasteiger partial charge in [0.2, 0.25) is 5.91 Å². The second-order valence-corrected chi connectivity index (χ2v) is 9.10. The fourth-order valence-electron chi connectivity index (χ4n) is 2.98. The zero-order chi connectivity index (χ0) is 22.7. The second kappa shape index (κ2) is 9.52. The predicted octanol–water partition coefficient (Wildman–Crippen LogP) is 3.76. The number of hydrogen-bond donors (Lipinski definition) is 1. The molecule has 0 radical (unpaired) electrons. The Morgan fingerprint density at radius 2 is 1.81 bits per heavy atom. The highest BCUT2D eigenvalue weighted by Gasteiger charge is 2.20. The van der Waals surface area contributed by atoms with Crippen LogP contribution in [-0.2, 0) is 4.79 Å². The van der Waals surface area contributed by atoms with E-state index in [-0.39, 0.29) is 17.6 Å². The number of aromatic nitrogens is 2. The molecule has 0 aliphatic rings. The number of amides is 2. The molecule has 0 atom stereocenters. The quantitative estimate of drug-likeness (QED) is 0.424. The summed E-state index contributed by atoms with van der Waals surface area (Å²) in [6.07, 6.45) is 1.51. The summed E-state index contributed by atoms with van der Waals surface area (Å²) in [5.41, 5.74) is 1.80. The van der Waals surface area contributed by atoms with Crippen LogP contribution in [0.4, 0.5) is 5.69 Å². The first-order valence-electron chi connectivity index (χ1n) is 9.37. The Morgan fingerprint density at radius 3 is 2.45 bits per heavy atom. The van der Waals surface area contributed by atoms with Crippen molar-refractivity contribution in [2.45, 2.75) is 18.9 Å². The van der Waals surface area contributed by atoms with Crippen LogP contribution in [0.25, 0.3) is 10.2 Å². The third kappa shape index (κ3) is 4.75. The van der Waals surface area contributed by atoms with Crippen LogP contribution < -0.4 is 14.8 Å². The highest BCUT2D eigenvalue weighted by molar-refractivity contribution is 8.00. The maximum absolute atomic E-state index is 12.7. The Kier molecular flexibility index (Phi) is 7.01. The van der Waals surface area contributed by atoms with Gasteiger partial charge in [0.1, 0.15) is 16.2 Å². The van der Waals surface area contributed by atoms with Crippen molar-refractivity contribution in [3.8, 4) is 11.5 Å². The number of carbonyl (C=O) groups is 2. The highest BCUT2D eigenvalue weighted by Crippen LogP contribution is 2.36. The van der Waals surface area contributed by atoms with Crippen LogP contribution in [0.3, 0.4) is 0 Å². The molecule has 0 saturated heterocycles. The van der Waals surface area contributed by atoms with Gasteiger partial charge in [-0.05, 0) is 25.5 Å². The summed E-state index contributed by atoms with van der Waals surface area (Å²) in [4.78, 5) is 37.6. The number of hydrogen-bond acceptors (Lipinski definition) is 8. The monoisotopic (exact) mass is 460 g/mol. The van der Waals surface area contributed by atoms with Crippen LogP contribution in [0.15, 0.2) is 23.5 Å². The summed E-state index contributed by atoms with van der Waals surface area (Å²) in [6, 6.07) is 3.16. The second-order valence-electron chi connectivity index (χ2n) is 6.93. The molecule has 0 aliphatic carbocycles. The molecule has 0 unspecified atom stereocenters. The lowest BCUT2D eigenvalue weighted by molar-refractivity contribution is -0.113. The number of aryl methyl sites for hydroxylation is 2. The number of thioether (sulfide) groups is 1. The van der Waals surface area contributed by atoms with Crippen molar-refractivity contribution in [2.75, 3.05) is 39.4 Å². The van der Waals surface area contributed by atoms with E-state index >= 15 is 0 Å². The number of nitrogens with zero attached hydrogens (tertiary/aromatic N) is 3.